The lowest BCUT2D eigenvalue weighted by Gasteiger charge is -2.15. The van der Waals surface area contributed by atoms with E-state index in [9.17, 15) is 18.0 Å². The van der Waals surface area contributed by atoms with Crippen molar-refractivity contribution in [1.29, 1.82) is 0 Å². The van der Waals surface area contributed by atoms with Crippen LogP contribution in [0.3, 0.4) is 0 Å². The summed E-state index contributed by atoms with van der Waals surface area (Å²) in [5, 5.41) is 2.15. The van der Waals surface area contributed by atoms with Crippen molar-refractivity contribution < 1.29 is 18.0 Å². The molecule has 120 valence electrons. The van der Waals surface area contributed by atoms with Gasteiger partial charge >= 0.3 is 0 Å². The lowest BCUT2D eigenvalue weighted by atomic mass is 10.2. The maximum atomic E-state index is 13.5. The number of aromatic nitrogens is 2. The van der Waals surface area contributed by atoms with E-state index < -0.39 is 29.0 Å². The van der Waals surface area contributed by atoms with E-state index >= 15 is 0 Å². The normalized spacial score (nSPS) is 14.1. The fourth-order valence-electron chi connectivity index (χ4n) is 2.36. The third-order valence-corrected chi connectivity index (χ3v) is 3.58. The van der Waals surface area contributed by atoms with E-state index in [4.69, 9.17) is 0 Å². The number of carbonyl (C=O) groups excluding carboxylic acids is 1. The van der Waals surface area contributed by atoms with Crippen molar-refractivity contribution in [3.8, 4) is 0 Å². The van der Waals surface area contributed by atoms with E-state index in [1.165, 1.54) is 12.4 Å². The Kier molecular flexibility index (Phi) is 4.14. The van der Waals surface area contributed by atoms with Crippen LogP contribution in [0, 0.1) is 17.5 Å². The van der Waals surface area contributed by atoms with Crippen molar-refractivity contribution >= 4 is 17.4 Å². The average Bonchev–Trinajstić information content (AvgIpc) is 3.10. The zero-order chi connectivity index (χ0) is 16.4. The van der Waals surface area contributed by atoms with E-state index in [1.807, 2.05) is 4.90 Å². The van der Waals surface area contributed by atoms with Crippen molar-refractivity contribution in [2.24, 2.45) is 0 Å². The monoisotopic (exact) mass is 322 g/mol. The molecule has 1 amide bonds. The van der Waals surface area contributed by atoms with Gasteiger partial charge in [0.15, 0.2) is 17.5 Å². The van der Waals surface area contributed by atoms with Gasteiger partial charge in [-0.15, -0.1) is 0 Å². The molecule has 2 heterocycles. The van der Waals surface area contributed by atoms with Crippen molar-refractivity contribution in [1.82, 2.24) is 9.97 Å². The molecule has 8 heteroatoms. The van der Waals surface area contributed by atoms with E-state index in [0.717, 1.165) is 38.1 Å². The molecule has 1 aromatic carbocycles. The van der Waals surface area contributed by atoms with Crippen molar-refractivity contribution in [2.75, 3.05) is 23.3 Å². The lowest BCUT2D eigenvalue weighted by molar-refractivity contribution is 0.102. The molecule has 0 unspecified atom stereocenters. The van der Waals surface area contributed by atoms with E-state index in [2.05, 4.69) is 15.3 Å². The molecule has 3 rings (SSSR count). The van der Waals surface area contributed by atoms with E-state index in [0.29, 0.717) is 5.82 Å². The average molecular weight is 322 g/mol. The molecular weight excluding hydrogens is 309 g/mol. The minimum Gasteiger partial charge on any atom is -0.355 e. The minimum absolute atomic E-state index is 0.0444. The molecule has 0 saturated carbocycles. The highest BCUT2D eigenvalue weighted by Gasteiger charge is 2.18. The van der Waals surface area contributed by atoms with Crippen molar-refractivity contribution in [3.05, 3.63) is 47.7 Å². The zero-order valence-corrected chi connectivity index (χ0v) is 12.0. The topological polar surface area (TPSA) is 58.1 Å². The number of hydrogen-bond acceptors (Lipinski definition) is 4. The highest BCUT2D eigenvalue weighted by Crippen LogP contribution is 2.20. The van der Waals surface area contributed by atoms with Gasteiger partial charge in [-0.1, -0.05) is 0 Å². The third-order valence-electron chi connectivity index (χ3n) is 3.58. The Morgan fingerprint density at radius 3 is 2.43 bits per heavy atom. The van der Waals surface area contributed by atoms with E-state index in [-0.39, 0.29) is 5.69 Å². The van der Waals surface area contributed by atoms with Gasteiger partial charge in [0.1, 0.15) is 11.5 Å². The Morgan fingerprint density at radius 1 is 1.04 bits per heavy atom. The Labute approximate surface area is 130 Å². The second-order valence-electron chi connectivity index (χ2n) is 5.13. The molecule has 0 aliphatic carbocycles. The maximum absolute atomic E-state index is 13.5. The molecule has 2 aromatic rings. The summed E-state index contributed by atoms with van der Waals surface area (Å²) in [4.78, 5) is 22.2. The summed E-state index contributed by atoms with van der Waals surface area (Å²) < 4.78 is 39.5. The molecule has 0 spiro atoms. The number of rotatable bonds is 3. The van der Waals surface area contributed by atoms with Crippen molar-refractivity contribution in [3.63, 3.8) is 0 Å². The van der Waals surface area contributed by atoms with Gasteiger partial charge in [-0.2, -0.15) is 0 Å². The van der Waals surface area contributed by atoms with Crippen LogP contribution in [0.1, 0.15) is 23.3 Å². The van der Waals surface area contributed by atoms with Gasteiger partial charge in [0.2, 0.25) is 0 Å². The molecule has 23 heavy (non-hydrogen) atoms. The standard InChI is InChI=1S/C15H13F3N4O/c16-9-3-4-10(14(18)13(9)17)21-15(23)11-7-20-12(8-19-11)22-5-1-2-6-22/h3-4,7-8H,1-2,5-6H2,(H,21,23). The quantitative estimate of drug-likeness (QED) is 0.883. The molecule has 1 fully saturated rings. The summed E-state index contributed by atoms with van der Waals surface area (Å²) in [5.74, 6) is -4.51. The van der Waals surface area contributed by atoms with Gasteiger partial charge in [0, 0.05) is 13.1 Å². The van der Waals surface area contributed by atoms with Crippen LogP contribution in [0.4, 0.5) is 24.7 Å². The Hall–Kier alpha value is -2.64. The summed E-state index contributed by atoms with van der Waals surface area (Å²) in [5.41, 5.74) is -0.503. The molecule has 1 aromatic heterocycles. The predicted molar refractivity (Wildman–Crippen MR) is 77.7 cm³/mol. The second-order valence-corrected chi connectivity index (χ2v) is 5.13. The number of amides is 1. The fraction of sp³-hybridized carbons (Fsp3) is 0.267. The van der Waals surface area contributed by atoms with Gasteiger partial charge < -0.3 is 10.2 Å². The fourth-order valence-corrected chi connectivity index (χ4v) is 2.36. The van der Waals surface area contributed by atoms with Gasteiger partial charge in [0.05, 0.1) is 18.1 Å². The molecule has 1 aliphatic heterocycles. The minimum atomic E-state index is -1.64. The smallest absolute Gasteiger partial charge is 0.275 e. The number of nitrogens with one attached hydrogen (secondary N) is 1. The van der Waals surface area contributed by atoms with E-state index in [1.54, 1.807) is 0 Å². The van der Waals surface area contributed by atoms with Crippen LogP contribution in [-0.2, 0) is 0 Å². The summed E-state index contributed by atoms with van der Waals surface area (Å²) in [6, 6.07) is 1.67. The number of carbonyl (C=O) groups is 1. The number of benzene rings is 1. The van der Waals surface area contributed by atoms with Crippen LogP contribution in [0.25, 0.3) is 0 Å². The molecule has 0 atom stereocenters. The molecular formula is C15H13F3N4O. The van der Waals surface area contributed by atoms with Crippen LogP contribution in [0.2, 0.25) is 0 Å². The molecule has 0 radical (unpaired) electrons. The molecule has 1 saturated heterocycles. The largest absolute Gasteiger partial charge is 0.355 e. The first kappa shape index (κ1) is 15.3. The first-order valence-corrected chi connectivity index (χ1v) is 7.08. The van der Waals surface area contributed by atoms with Crippen LogP contribution in [0.15, 0.2) is 24.5 Å². The Balaban J connectivity index is 1.74. The number of anilines is 2. The summed E-state index contributed by atoms with van der Waals surface area (Å²) in [6.45, 7) is 1.78. The molecule has 1 aliphatic rings. The van der Waals surface area contributed by atoms with Gasteiger partial charge in [-0.3, -0.25) is 4.79 Å². The van der Waals surface area contributed by atoms with Gasteiger partial charge in [-0.05, 0) is 25.0 Å². The van der Waals surface area contributed by atoms with Crippen molar-refractivity contribution in [2.45, 2.75) is 12.8 Å². The van der Waals surface area contributed by atoms with Crippen LogP contribution < -0.4 is 10.2 Å². The molecule has 0 bridgehead atoms. The van der Waals surface area contributed by atoms with Crippen LogP contribution >= 0.6 is 0 Å². The number of hydrogen-bond donors (Lipinski definition) is 1. The highest BCUT2D eigenvalue weighted by molar-refractivity contribution is 6.02. The number of halogens is 3. The molecule has 1 N–H and O–H groups in total. The SMILES string of the molecule is O=C(Nc1ccc(F)c(F)c1F)c1cnc(N2CCCC2)cn1. The summed E-state index contributed by atoms with van der Waals surface area (Å²) >= 11 is 0. The Bertz CT molecular complexity index is 730. The first-order valence-electron chi connectivity index (χ1n) is 7.08. The Morgan fingerprint density at radius 2 is 1.78 bits per heavy atom. The van der Waals surface area contributed by atoms with Crippen LogP contribution in [-0.4, -0.2) is 29.0 Å². The number of nitrogens with zero attached hydrogens (tertiary/aromatic N) is 3. The van der Waals surface area contributed by atoms with Gasteiger partial charge in [-0.25, -0.2) is 23.1 Å². The van der Waals surface area contributed by atoms with Gasteiger partial charge in [0.25, 0.3) is 5.91 Å². The highest BCUT2D eigenvalue weighted by atomic mass is 19.2. The zero-order valence-electron chi connectivity index (χ0n) is 12.0. The molecule has 5 nitrogen and oxygen atoms in total. The van der Waals surface area contributed by atoms with Crippen LogP contribution in [0.5, 0.6) is 0 Å². The summed E-state index contributed by atoms with van der Waals surface area (Å²) in [7, 11) is 0. The maximum Gasteiger partial charge on any atom is 0.275 e. The third kappa shape index (κ3) is 3.10. The summed E-state index contributed by atoms with van der Waals surface area (Å²) in [6.07, 6.45) is 4.89. The second kappa shape index (κ2) is 6.23. The lowest BCUT2D eigenvalue weighted by Crippen LogP contribution is -2.20. The predicted octanol–water partition coefficient (Wildman–Crippen LogP) is 2.75. The first-order chi connectivity index (χ1) is 11.1.